The van der Waals surface area contributed by atoms with Crippen LogP contribution in [0.15, 0.2) is 84.4 Å². The summed E-state index contributed by atoms with van der Waals surface area (Å²) < 4.78 is 1.85. The highest BCUT2D eigenvalue weighted by atomic mass is 32.1. The van der Waals surface area contributed by atoms with Crippen molar-refractivity contribution in [2.75, 3.05) is 11.9 Å². The third-order valence-electron chi connectivity index (χ3n) is 5.23. The first kappa shape index (κ1) is 24.6. The molecule has 2 aromatic carbocycles. The summed E-state index contributed by atoms with van der Waals surface area (Å²) in [4.78, 5) is 37.1. The predicted octanol–water partition coefficient (Wildman–Crippen LogP) is 3.92. The van der Waals surface area contributed by atoms with Gasteiger partial charge in [-0.15, -0.1) is 11.3 Å². The Hall–Kier alpha value is -4.50. The number of thiophene rings is 1. The van der Waals surface area contributed by atoms with E-state index in [9.17, 15) is 14.4 Å². The van der Waals surface area contributed by atoms with Crippen molar-refractivity contribution in [3.05, 3.63) is 101 Å². The number of hydrogen-bond donors (Lipinski definition) is 3. The summed E-state index contributed by atoms with van der Waals surface area (Å²) in [5, 5.41) is 12.1. The maximum Gasteiger partial charge on any atom is 0.253 e. The molecule has 36 heavy (non-hydrogen) atoms. The molecule has 0 aliphatic carbocycles. The van der Waals surface area contributed by atoms with Crippen LogP contribution in [0.1, 0.15) is 27.9 Å². The lowest BCUT2D eigenvalue weighted by Crippen LogP contribution is -2.28. The van der Waals surface area contributed by atoms with Crippen LogP contribution in [0, 0.1) is 0 Å². The van der Waals surface area contributed by atoms with E-state index in [4.69, 9.17) is 10.8 Å². The van der Waals surface area contributed by atoms with Gasteiger partial charge in [0.05, 0.1) is 22.7 Å². The third kappa shape index (κ3) is 6.55. The van der Waals surface area contributed by atoms with Gasteiger partial charge in [-0.25, -0.2) is 0 Å². The van der Waals surface area contributed by atoms with E-state index in [1.165, 1.54) is 6.08 Å². The molecule has 0 saturated carbocycles. The molecule has 182 valence electrons. The number of carbonyl (C=O) groups excluding carboxylic acids is 3. The smallest absolute Gasteiger partial charge is 0.253 e. The molecule has 0 aliphatic heterocycles. The van der Waals surface area contributed by atoms with Crippen molar-refractivity contribution in [1.82, 2.24) is 15.1 Å². The van der Waals surface area contributed by atoms with Crippen molar-refractivity contribution in [2.45, 2.75) is 13.0 Å². The molecule has 9 heteroatoms. The fraction of sp³-hybridized carbons (Fsp3) is 0.111. The van der Waals surface area contributed by atoms with Gasteiger partial charge in [-0.2, -0.15) is 5.10 Å². The molecule has 0 fully saturated rings. The minimum absolute atomic E-state index is 0.0353. The van der Waals surface area contributed by atoms with Crippen molar-refractivity contribution >= 4 is 40.8 Å². The molecule has 4 rings (SSSR count). The third-order valence-corrected chi connectivity index (χ3v) is 6.11. The van der Waals surface area contributed by atoms with Crippen LogP contribution in [0.4, 0.5) is 5.69 Å². The molecule has 0 atom stereocenters. The highest BCUT2D eigenvalue weighted by Gasteiger charge is 2.14. The fourth-order valence-corrected chi connectivity index (χ4v) is 4.27. The molecule has 0 aliphatic rings. The van der Waals surface area contributed by atoms with E-state index >= 15 is 0 Å². The quantitative estimate of drug-likeness (QED) is 0.287. The molecule has 0 bridgehead atoms. The molecule has 8 nitrogen and oxygen atoms in total. The molecular formula is C27H25N5O3S. The van der Waals surface area contributed by atoms with Gasteiger partial charge in [0, 0.05) is 30.8 Å². The monoisotopic (exact) mass is 499 g/mol. The zero-order valence-electron chi connectivity index (χ0n) is 19.4. The first-order valence-corrected chi connectivity index (χ1v) is 12.2. The van der Waals surface area contributed by atoms with Gasteiger partial charge >= 0.3 is 0 Å². The second-order valence-corrected chi connectivity index (χ2v) is 8.88. The first-order chi connectivity index (χ1) is 17.5. The maximum atomic E-state index is 12.7. The molecule has 0 unspecified atom stereocenters. The van der Waals surface area contributed by atoms with E-state index in [2.05, 4.69) is 10.6 Å². The number of benzene rings is 2. The van der Waals surface area contributed by atoms with Crippen LogP contribution >= 0.6 is 11.3 Å². The zero-order valence-corrected chi connectivity index (χ0v) is 20.2. The van der Waals surface area contributed by atoms with Gasteiger partial charge in [0.15, 0.2) is 0 Å². The molecule has 0 saturated heterocycles. The molecular weight excluding hydrogens is 474 g/mol. The van der Waals surface area contributed by atoms with Crippen LogP contribution < -0.4 is 16.4 Å². The standard InChI is InChI=1S/C27H25N5O3S/c28-24(33)14-15-29-27(35)21-9-4-5-10-22(21)30-25(34)13-12-20-18-32(17-19-7-2-1-3-8-19)31-26(20)23-11-6-16-36-23/h1-13,16,18H,14-15,17H2,(H2,28,33)(H,29,35)(H,30,34)/b13-12+. The summed E-state index contributed by atoms with van der Waals surface area (Å²) in [6.45, 7) is 0.728. The molecule has 2 aromatic heterocycles. The fourth-order valence-electron chi connectivity index (χ4n) is 3.54. The van der Waals surface area contributed by atoms with Gasteiger partial charge in [0.25, 0.3) is 5.91 Å². The second kappa shape index (κ2) is 11.8. The highest BCUT2D eigenvalue weighted by molar-refractivity contribution is 7.13. The number of carbonyl (C=O) groups is 3. The summed E-state index contributed by atoms with van der Waals surface area (Å²) in [7, 11) is 0. The number of para-hydroxylation sites is 1. The van der Waals surface area contributed by atoms with Crippen molar-refractivity contribution in [2.24, 2.45) is 5.73 Å². The summed E-state index contributed by atoms with van der Waals surface area (Å²) in [5.41, 5.74) is 8.49. The molecule has 4 aromatic rings. The number of hydrogen-bond acceptors (Lipinski definition) is 5. The second-order valence-electron chi connectivity index (χ2n) is 7.93. The van der Waals surface area contributed by atoms with Crippen LogP contribution in [0.25, 0.3) is 16.6 Å². The number of aromatic nitrogens is 2. The molecule has 4 N–H and O–H groups in total. The van der Waals surface area contributed by atoms with E-state index in [0.29, 0.717) is 17.8 Å². The zero-order chi connectivity index (χ0) is 25.3. The maximum absolute atomic E-state index is 12.7. The van der Waals surface area contributed by atoms with Crippen LogP contribution in [-0.4, -0.2) is 34.0 Å². The largest absolute Gasteiger partial charge is 0.370 e. The van der Waals surface area contributed by atoms with Crippen LogP contribution in [0.3, 0.4) is 0 Å². The number of nitrogens with one attached hydrogen (secondary N) is 2. The number of nitrogens with two attached hydrogens (primary N) is 1. The lowest BCUT2D eigenvalue weighted by molar-refractivity contribution is -0.118. The van der Waals surface area contributed by atoms with Gasteiger partial charge < -0.3 is 16.4 Å². The average molecular weight is 500 g/mol. The first-order valence-electron chi connectivity index (χ1n) is 11.3. The predicted molar refractivity (Wildman–Crippen MR) is 141 cm³/mol. The van der Waals surface area contributed by atoms with Crippen LogP contribution in [0.5, 0.6) is 0 Å². The Balaban J connectivity index is 1.50. The lowest BCUT2D eigenvalue weighted by Gasteiger charge is -2.10. The topological polar surface area (TPSA) is 119 Å². The Labute approximate surface area is 212 Å². The van der Waals surface area contributed by atoms with Crippen molar-refractivity contribution in [3.63, 3.8) is 0 Å². The molecule has 2 heterocycles. The van der Waals surface area contributed by atoms with E-state index in [-0.39, 0.29) is 18.9 Å². The van der Waals surface area contributed by atoms with Gasteiger partial charge in [0.1, 0.15) is 5.69 Å². The normalized spacial score (nSPS) is 10.9. The minimum Gasteiger partial charge on any atom is -0.370 e. The lowest BCUT2D eigenvalue weighted by atomic mass is 10.1. The van der Waals surface area contributed by atoms with Gasteiger partial charge in [-0.05, 0) is 35.2 Å². The van der Waals surface area contributed by atoms with E-state index < -0.39 is 11.8 Å². The summed E-state index contributed by atoms with van der Waals surface area (Å²) in [6.07, 6.45) is 5.08. The molecule has 0 radical (unpaired) electrons. The Kier molecular flexibility index (Phi) is 8.05. The number of nitrogens with zero attached hydrogens (tertiary/aromatic N) is 2. The van der Waals surface area contributed by atoms with Crippen LogP contribution in [-0.2, 0) is 16.1 Å². The van der Waals surface area contributed by atoms with Gasteiger partial charge in [0.2, 0.25) is 11.8 Å². The van der Waals surface area contributed by atoms with Gasteiger partial charge in [-0.1, -0.05) is 48.5 Å². The van der Waals surface area contributed by atoms with E-state index in [1.807, 2.05) is 58.7 Å². The Morgan fingerprint density at radius 3 is 2.53 bits per heavy atom. The van der Waals surface area contributed by atoms with Gasteiger partial charge in [-0.3, -0.25) is 19.1 Å². The number of anilines is 1. The highest BCUT2D eigenvalue weighted by Crippen LogP contribution is 2.28. The SMILES string of the molecule is NC(=O)CCNC(=O)c1ccccc1NC(=O)/C=C/c1cn(Cc2ccccc2)nc1-c1cccs1. The number of amides is 3. The Bertz CT molecular complexity index is 1380. The Morgan fingerprint density at radius 2 is 1.78 bits per heavy atom. The average Bonchev–Trinajstić information content (AvgIpc) is 3.53. The number of rotatable bonds is 10. The van der Waals surface area contributed by atoms with Crippen molar-refractivity contribution < 1.29 is 14.4 Å². The van der Waals surface area contributed by atoms with E-state index in [0.717, 1.165) is 21.7 Å². The summed E-state index contributed by atoms with van der Waals surface area (Å²) >= 11 is 1.58. The molecule has 0 spiro atoms. The summed E-state index contributed by atoms with van der Waals surface area (Å²) in [5.74, 6) is -1.30. The van der Waals surface area contributed by atoms with Crippen molar-refractivity contribution in [1.29, 1.82) is 0 Å². The van der Waals surface area contributed by atoms with Crippen LogP contribution in [0.2, 0.25) is 0 Å². The van der Waals surface area contributed by atoms with E-state index in [1.54, 1.807) is 41.7 Å². The van der Waals surface area contributed by atoms with Crippen molar-refractivity contribution in [3.8, 4) is 10.6 Å². The minimum atomic E-state index is -0.504. The summed E-state index contributed by atoms with van der Waals surface area (Å²) in [6, 6.07) is 20.6. The number of primary amides is 1. The molecule has 3 amide bonds. The Morgan fingerprint density at radius 1 is 1.00 bits per heavy atom.